The van der Waals surface area contributed by atoms with Crippen molar-refractivity contribution in [3.63, 3.8) is 0 Å². The first kappa shape index (κ1) is 16.0. The van der Waals surface area contributed by atoms with Crippen LogP contribution in [0.25, 0.3) is 0 Å². The van der Waals surface area contributed by atoms with Crippen molar-refractivity contribution >= 4 is 5.91 Å². The van der Waals surface area contributed by atoms with E-state index in [1.54, 1.807) is 0 Å². The zero-order chi connectivity index (χ0) is 15.5. The fourth-order valence-electron chi connectivity index (χ4n) is 2.57. The Balaban J connectivity index is 1.90. The molecule has 2 aliphatic rings. The summed E-state index contributed by atoms with van der Waals surface area (Å²) in [5, 5.41) is 2.55. The Labute approximate surface area is 121 Å². The third-order valence-electron chi connectivity index (χ3n) is 3.58. The van der Waals surface area contributed by atoms with Gasteiger partial charge in [-0.05, 0) is 19.4 Å². The molecule has 2 aliphatic heterocycles. The Morgan fingerprint density at radius 1 is 1.19 bits per heavy atom. The van der Waals surface area contributed by atoms with E-state index in [2.05, 4.69) is 5.32 Å². The second-order valence-electron chi connectivity index (χ2n) is 5.15. The molecule has 118 valence electrons. The van der Waals surface area contributed by atoms with E-state index < -0.39 is 29.9 Å². The predicted molar refractivity (Wildman–Crippen MR) is 71.4 cm³/mol. The van der Waals surface area contributed by atoms with Crippen LogP contribution in [0, 0.1) is 0 Å². The zero-order valence-corrected chi connectivity index (χ0v) is 11.6. The van der Waals surface area contributed by atoms with Crippen molar-refractivity contribution in [1.82, 2.24) is 5.32 Å². The number of alkyl halides is 3. The highest BCUT2D eigenvalue weighted by Crippen LogP contribution is 2.43. The highest BCUT2D eigenvalue weighted by atomic mass is 19.4. The molecule has 4 nitrogen and oxygen atoms in total. The number of nitrogens with one attached hydrogen (secondary N) is 1. The molecule has 0 aromatic heterocycles. The maximum absolute atomic E-state index is 13.0. The molecule has 0 aliphatic carbocycles. The fourth-order valence-corrected chi connectivity index (χ4v) is 2.57. The molecule has 0 spiro atoms. The summed E-state index contributed by atoms with van der Waals surface area (Å²) in [5.41, 5.74) is 4.20. The summed E-state index contributed by atoms with van der Waals surface area (Å²) in [7, 11) is 0. The largest absolute Gasteiger partial charge is 0.416 e. The van der Waals surface area contributed by atoms with Crippen molar-refractivity contribution in [3.05, 3.63) is 23.3 Å². The topological polar surface area (TPSA) is 64.3 Å². The number of amides is 1. The van der Waals surface area contributed by atoms with Crippen molar-refractivity contribution in [3.8, 4) is 0 Å². The van der Waals surface area contributed by atoms with Crippen molar-refractivity contribution in [2.75, 3.05) is 13.1 Å². The van der Waals surface area contributed by atoms with Crippen LogP contribution < -0.4 is 11.1 Å². The minimum Gasteiger partial charge on any atom is -0.357 e. The lowest BCUT2D eigenvalue weighted by Crippen LogP contribution is -2.32. The Morgan fingerprint density at radius 3 is 2.52 bits per heavy atom. The number of carbonyl (C=O) groups is 1. The van der Waals surface area contributed by atoms with Crippen molar-refractivity contribution in [1.29, 1.82) is 0 Å². The smallest absolute Gasteiger partial charge is 0.357 e. The molecule has 0 saturated heterocycles. The average Bonchev–Trinajstić information content (AvgIpc) is 3.02. The molecular formula is C14H19F3N2O2. The molecule has 0 aromatic rings. The van der Waals surface area contributed by atoms with Crippen LogP contribution in [-0.4, -0.2) is 37.4 Å². The standard InChI is InChI=1S/C14H19F3N2O2/c15-14(16,17)12-10-6-5-9(21-10)11(12)13(20)19-8-4-2-1-3-7-18/h5-6,9-10H,1-4,7-8,18H2,(H,19,20). The molecule has 0 fully saturated rings. The molecule has 2 heterocycles. The van der Waals surface area contributed by atoms with Gasteiger partial charge in [0.1, 0.15) is 12.2 Å². The number of nitrogens with two attached hydrogens (primary N) is 1. The second-order valence-corrected chi connectivity index (χ2v) is 5.15. The van der Waals surface area contributed by atoms with Crippen LogP contribution >= 0.6 is 0 Å². The molecule has 7 heteroatoms. The Bertz CT molecular complexity index is 458. The van der Waals surface area contributed by atoms with Crippen molar-refractivity contribution < 1.29 is 22.7 Å². The van der Waals surface area contributed by atoms with Gasteiger partial charge in [-0.1, -0.05) is 25.0 Å². The number of hydrogen-bond acceptors (Lipinski definition) is 3. The summed E-state index contributed by atoms with van der Waals surface area (Å²) in [6.45, 7) is 0.986. The first-order valence-corrected chi connectivity index (χ1v) is 7.08. The summed E-state index contributed by atoms with van der Waals surface area (Å²) in [5.74, 6) is -0.682. The maximum Gasteiger partial charge on any atom is 0.416 e. The minimum atomic E-state index is -4.54. The van der Waals surface area contributed by atoms with Gasteiger partial charge in [0.05, 0.1) is 11.1 Å². The Kier molecular flexibility index (Phi) is 5.05. The zero-order valence-electron chi connectivity index (χ0n) is 11.6. The number of halogens is 3. The third kappa shape index (κ3) is 3.65. The molecule has 3 N–H and O–H groups in total. The van der Waals surface area contributed by atoms with Crippen LogP contribution in [0.1, 0.15) is 25.7 Å². The van der Waals surface area contributed by atoms with E-state index in [-0.39, 0.29) is 5.57 Å². The molecule has 2 rings (SSSR count). The van der Waals surface area contributed by atoms with Gasteiger partial charge in [0, 0.05) is 6.54 Å². The number of unbranched alkanes of at least 4 members (excludes halogenated alkanes) is 3. The Hall–Kier alpha value is -1.34. The van der Waals surface area contributed by atoms with Crippen LogP contribution in [0.15, 0.2) is 23.3 Å². The van der Waals surface area contributed by atoms with E-state index in [1.807, 2.05) is 0 Å². The molecule has 0 saturated carbocycles. The first-order chi connectivity index (χ1) is 9.95. The maximum atomic E-state index is 13.0. The predicted octanol–water partition coefficient (Wildman–Crippen LogP) is 1.82. The number of rotatable bonds is 7. The summed E-state index contributed by atoms with van der Waals surface area (Å²) < 4.78 is 44.1. The SMILES string of the molecule is NCCCCCCNC(=O)C1=C(C(F)(F)F)C2C=CC1O2. The van der Waals surface area contributed by atoms with Crippen LogP contribution in [0.4, 0.5) is 13.2 Å². The normalized spacial score (nSPS) is 24.0. The highest BCUT2D eigenvalue weighted by molar-refractivity contribution is 5.97. The van der Waals surface area contributed by atoms with Crippen LogP contribution in [-0.2, 0) is 9.53 Å². The van der Waals surface area contributed by atoms with Gasteiger partial charge in [-0.15, -0.1) is 0 Å². The Morgan fingerprint density at radius 2 is 1.86 bits per heavy atom. The van der Waals surface area contributed by atoms with Crippen LogP contribution in [0.3, 0.4) is 0 Å². The molecular weight excluding hydrogens is 285 g/mol. The number of hydrogen-bond donors (Lipinski definition) is 2. The number of ether oxygens (including phenoxy) is 1. The molecule has 21 heavy (non-hydrogen) atoms. The summed E-state index contributed by atoms with van der Waals surface area (Å²) in [4.78, 5) is 12.0. The van der Waals surface area contributed by atoms with Crippen molar-refractivity contribution in [2.45, 2.75) is 44.1 Å². The summed E-state index contributed by atoms with van der Waals surface area (Å²) in [6, 6.07) is 0. The lowest BCUT2D eigenvalue weighted by Gasteiger charge is -2.16. The van der Waals surface area contributed by atoms with Gasteiger partial charge in [0.15, 0.2) is 0 Å². The third-order valence-corrected chi connectivity index (χ3v) is 3.58. The summed E-state index contributed by atoms with van der Waals surface area (Å²) >= 11 is 0. The molecule has 0 radical (unpaired) electrons. The molecule has 1 amide bonds. The fraction of sp³-hybridized carbons (Fsp3) is 0.643. The van der Waals surface area contributed by atoms with E-state index >= 15 is 0 Å². The monoisotopic (exact) mass is 304 g/mol. The number of fused-ring (bicyclic) bond motifs is 2. The number of carbonyl (C=O) groups excluding carboxylic acids is 1. The molecule has 0 aromatic carbocycles. The van der Waals surface area contributed by atoms with Gasteiger partial charge >= 0.3 is 6.18 Å². The van der Waals surface area contributed by atoms with E-state index in [4.69, 9.17) is 10.5 Å². The van der Waals surface area contributed by atoms with Gasteiger partial charge in [-0.3, -0.25) is 4.79 Å². The quantitative estimate of drug-likeness (QED) is 0.557. The van der Waals surface area contributed by atoms with Gasteiger partial charge in [0.25, 0.3) is 5.91 Å². The van der Waals surface area contributed by atoms with Gasteiger partial charge in [-0.25, -0.2) is 0 Å². The molecule has 2 atom stereocenters. The average molecular weight is 304 g/mol. The van der Waals surface area contributed by atoms with E-state index in [0.717, 1.165) is 25.7 Å². The first-order valence-electron chi connectivity index (χ1n) is 7.08. The molecule has 2 bridgehead atoms. The molecule has 2 unspecified atom stereocenters. The van der Waals surface area contributed by atoms with E-state index in [1.165, 1.54) is 12.2 Å². The highest BCUT2D eigenvalue weighted by Gasteiger charge is 2.51. The summed E-state index contributed by atoms with van der Waals surface area (Å²) in [6.07, 6.45) is -0.218. The van der Waals surface area contributed by atoms with E-state index in [0.29, 0.717) is 13.1 Å². The van der Waals surface area contributed by atoms with Gasteiger partial charge in [-0.2, -0.15) is 13.2 Å². The van der Waals surface area contributed by atoms with E-state index in [9.17, 15) is 18.0 Å². The van der Waals surface area contributed by atoms with Crippen LogP contribution in [0.2, 0.25) is 0 Å². The van der Waals surface area contributed by atoms with Crippen LogP contribution in [0.5, 0.6) is 0 Å². The minimum absolute atomic E-state index is 0.294. The van der Waals surface area contributed by atoms with Crippen molar-refractivity contribution in [2.24, 2.45) is 5.73 Å². The second kappa shape index (κ2) is 6.62. The lowest BCUT2D eigenvalue weighted by molar-refractivity contribution is -0.119. The van der Waals surface area contributed by atoms with Gasteiger partial charge < -0.3 is 15.8 Å². The lowest BCUT2D eigenvalue weighted by atomic mass is 9.96. The van der Waals surface area contributed by atoms with Gasteiger partial charge in [0.2, 0.25) is 0 Å².